The van der Waals surface area contributed by atoms with E-state index in [4.69, 9.17) is 21.6 Å². The van der Waals surface area contributed by atoms with E-state index < -0.39 is 0 Å². The third kappa shape index (κ3) is 5.95. The third-order valence-electron chi connectivity index (χ3n) is 4.83. The summed E-state index contributed by atoms with van der Waals surface area (Å²) in [5, 5.41) is 5.11. The summed E-state index contributed by atoms with van der Waals surface area (Å²) < 4.78 is 0. The van der Waals surface area contributed by atoms with Crippen LogP contribution in [0.4, 0.5) is 5.82 Å². The number of halogens is 1. The van der Waals surface area contributed by atoms with Gasteiger partial charge in [-0.2, -0.15) is 0 Å². The molecule has 0 saturated heterocycles. The van der Waals surface area contributed by atoms with E-state index in [-0.39, 0.29) is 0 Å². The summed E-state index contributed by atoms with van der Waals surface area (Å²) >= 11 is 7.96. The lowest BCUT2D eigenvalue weighted by Gasteiger charge is -2.18. The molecular weight excluding hydrogens is 400 g/mol. The minimum absolute atomic E-state index is 0.680. The fraction of sp³-hybridized carbons (Fsp3) is 0.304. The van der Waals surface area contributed by atoms with E-state index in [9.17, 15) is 0 Å². The SMILES string of the molecule is CCN(CC)CCNc1nc(C=Cc2ccc(SC)cc2)nc2ccc(Cl)cc12. The maximum atomic E-state index is 6.22. The van der Waals surface area contributed by atoms with Crippen LogP contribution in [0, 0.1) is 0 Å². The minimum Gasteiger partial charge on any atom is -0.368 e. The molecule has 0 atom stereocenters. The minimum atomic E-state index is 0.680. The van der Waals surface area contributed by atoms with Crippen LogP contribution in [0.3, 0.4) is 0 Å². The first-order valence-corrected chi connectivity index (χ1v) is 11.5. The maximum Gasteiger partial charge on any atom is 0.154 e. The molecule has 0 aliphatic carbocycles. The second-order valence-corrected chi connectivity index (χ2v) is 7.97. The summed E-state index contributed by atoms with van der Waals surface area (Å²) in [6.45, 7) is 8.22. The van der Waals surface area contributed by atoms with E-state index in [1.54, 1.807) is 11.8 Å². The molecule has 0 aliphatic rings. The van der Waals surface area contributed by atoms with E-state index in [0.29, 0.717) is 10.8 Å². The van der Waals surface area contributed by atoms with Gasteiger partial charge >= 0.3 is 0 Å². The number of hydrogen-bond donors (Lipinski definition) is 1. The van der Waals surface area contributed by atoms with Crippen molar-refractivity contribution in [3.63, 3.8) is 0 Å². The van der Waals surface area contributed by atoms with Crippen molar-refractivity contribution in [2.75, 3.05) is 37.8 Å². The van der Waals surface area contributed by atoms with Gasteiger partial charge in [-0.1, -0.05) is 43.7 Å². The zero-order valence-electron chi connectivity index (χ0n) is 17.2. The van der Waals surface area contributed by atoms with Gasteiger partial charge in [-0.15, -0.1) is 11.8 Å². The molecule has 2 aromatic carbocycles. The molecule has 0 unspecified atom stereocenters. The highest BCUT2D eigenvalue weighted by Gasteiger charge is 2.08. The molecule has 1 heterocycles. The molecule has 0 spiro atoms. The van der Waals surface area contributed by atoms with Crippen molar-refractivity contribution in [1.82, 2.24) is 14.9 Å². The number of hydrogen-bond acceptors (Lipinski definition) is 5. The number of nitrogens with zero attached hydrogens (tertiary/aromatic N) is 3. The highest BCUT2D eigenvalue weighted by atomic mass is 35.5. The number of rotatable bonds is 9. The topological polar surface area (TPSA) is 41.0 Å². The Labute approximate surface area is 182 Å². The molecule has 4 nitrogen and oxygen atoms in total. The molecule has 3 rings (SSSR count). The van der Waals surface area contributed by atoms with Gasteiger partial charge < -0.3 is 10.2 Å². The number of likely N-dealkylation sites (N-methyl/N-ethyl adjacent to an activating group) is 1. The van der Waals surface area contributed by atoms with Gasteiger partial charge in [0.05, 0.1) is 5.52 Å². The lowest BCUT2D eigenvalue weighted by molar-refractivity contribution is 0.316. The predicted molar refractivity (Wildman–Crippen MR) is 128 cm³/mol. The summed E-state index contributed by atoms with van der Waals surface area (Å²) in [5.41, 5.74) is 2.01. The zero-order chi connectivity index (χ0) is 20.6. The fourth-order valence-corrected chi connectivity index (χ4v) is 3.67. The van der Waals surface area contributed by atoms with Crippen molar-refractivity contribution in [2.45, 2.75) is 18.7 Å². The van der Waals surface area contributed by atoms with Crippen LogP contribution < -0.4 is 5.32 Å². The Balaban J connectivity index is 1.85. The van der Waals surface area contributed by atoms with Crippen LogP contribution in [0.25, 0.3) is 23.1 Å². The molecule has 152 valence electrons. The Morgan fingerprint density at radius 1 is 1.03 bits per heavy atom. The molecule has 0 radical (unpaired) electrons. The summed E-state index contributed by atoms with van der Waals surface area (Å²) in [4.78, 5) is 13.1. The molecule has 6 heteroatoms. The van der Waals surface area contributed by atoms with Crippen LogP contribution in [-0.2, 0) is 0 Å². The smallest absolute Gasteiger partial charge is 0.154 e. The molecule has 0 fully saturated rings. The van der Waals surface area contributed by atoms with Crippen LogP contribution in [-0.4, -0.2) is 47.3 Å². The summed E-state index contributed by atoms with van der Waals surface area (Å²) in [5.74, 6) is 1.50. The van der Waals surface area contributed by atoms with Crippen molar-refractivity contribution in [3.8, 4) is 0 Å². The van der Waals surface area contributed by atoms with Crippen molar-refractivity contribution in [3.05, 3.63) is 58.9 Å². The Bertz CT molecular complexity index is 969. The van der Waals surface area contributed by atoms with E-state index in [1.165, 1.54) is 4.90 Å². The standard InChI is InChI=1S/C23H27ClN4S/c1-4-28(5-2)15-14-25-23-20-16-18(24)9-12-21(20)26-22(27-23)13-8-17-6-10-19(29-3)11-7-17/h6-13,16H,4-5,14-15H2,1-3H3,(H,25,26,27). The molecule has 3 aromatic rings. The molecule has 0 bridgehead atoms. The van der Waals surface area contributed by atoms with Gasteiger partial charge in [0.2, 0.25) is 0 Å². The Morgan fingerprint density at radius 2 is 1.79 bits per heavy atom. The summed E-state index contributed by atoms with van der Waals surface area (Å²) in [6.07, 6.45) is 6.08. The maximum absolute atomic E-state index is 6.22. The van der Waals surface area contributed by atoms with Crippen LogP contribution >= 0.6 is 23.4 Å². The van der Waals surface area contributed by atoms with Crippen LogP contribution in [0.1, 0.15) is 25.2 Å². The normalized spacial score (nSPS) is 11.6. The monoisotopic (exact) mass is 426 g/mol. The summed E-state index contributed by atoms with van der Waals surface area (Å²) in [7, 11) is 0. The number of benzene rings is 2. The first-order chi connectivity index (χ1) is 14.1. The molecule has 0 saturated carbocycles. The van der Waals surface area contributed by atoms with Crippen LogP contribution in [0.2, 0.25) is 5.02 Å². The van der Waals surface area contributed by atoms with Gasteiger partial charge in [0, 0.05) is 28.4 Å². The predicted octanol–water partition coefficient (Wildman–Crippen LogP) is 5.93. The van der Waals surface area contributed by atoms with Gasteiger partial charge in [0.25, 0.3) is 0 Å². The number of nitrogens with one attached hydrogen (secondary N) is 1. The average molecular weight is 427 g/mol. The van der Waals surface area contributed by atoms with Crippen molar-refractivity contribution < 1.29 is 0 Å². The largest absolute Gasteiger partial charge is 0.368 e. The molecule has 1 N–H and O–H groups in total. The number of anilines is 1. The third-order valence-corrected chi connectivity index (χ3v) is 5.81. The quantitative estimate of drug-likeness (QED) is 0.429. The van der Waals surface area contributed by atoms with Crippen molar-refractivity contribution >= 4 is 52.2 Å². The van der Waals surface area contributed by atoms with E-state index in [2.05, 4.69) is 54.6 Å². The highest BCUT2D eigenvalue weighted by Crippen LogP contribution is 2.25. The average Bonchev–Trinajstić information content (AvgIpc) is 2.76. The van der Waals surface area contributed by atoms with Gasteiger partial charge in [-0.3, -0.25) is 0 Å². The molecule has 29 heavy (non-hydrogen) atoms. The fourth-order valence-electron chi connectivity index (χ4n) is 3.09. The van der Waals surface area contributed by atoms with Crippen LogP contribution in [0.5, 0.6) is 0 Å². The number of aromatic nitrogens is 2. The molecule has 0 aliphatic heterocycles. The van der Waals surface area contributed by atoms with Gasteiger partial charge in [-0.05, 0) is 61.3 Å². The lowest BCUT2D eigenvalue weighted by Crippen LogP contribution is -2.28. The highest BCUT2D eigenvalue weighted by molar-refractivity contribution is 7.98. The number of thioether (sulfide) groups is 1. The number of fused-ring (bicyclic) bond motifs is 1. The first-order valence-electron chi connectivity index (χ1n) is 9.88. The van der Waals surface area contributed by atoms with Gasteiger partial charge in [-0.25, -0.2) is 9.97 Å². The zero-order valence-corrected chi connectivity index (χ0v) is 18.7. The van der Waals surface area contributed by atoms with E-state index in [1.807, 2.05) is 30.4 Å². The Kier molecular flexibility index (Phi) is 7.92. The van der Waals surface area contributed by atoms with Crippen molar-refractivity contribution in [2.24, 2.45) is 0 Å². The second kappa shape index (κ2) is 10.6. The first kappa shape index (κ1) is 21.6. The van der Waals surface area contributed by atoms with E-state index >= 15 is 0 Å². The van der Waals surface area contributed by atoms with Gasteiger partial charge in [0.15, 0.2) is 5.82 Å². The second-order valence-electron chi connectivity index (χ2n) is 6.65. The molecule has 1 aromatic heterocycles. The van der Waals surface area contributed by atoms with E-state index in [0.717, 1.165) is 48.5 Å². The Hall–Kier alpha value is -2.08. The summed E-state index contributed by atoms with van der Waals surface area (Å²) in [6, 6.07) is 14.2. The molecule has 0 amide bonds. The van der Waals surface area contributed by atoms with Crippen molar-refractivity contribution in [1.29, 1.82) is 0 Å². The van der Waals surface area contributed by atoms with Gasteiger partial charge in [0.1, 0.15) is 5.82 Å². The Morgan fingerprint density at radius 3 is 2.48 bits per heavy atom. The lowest BCUT2D eigenvalue weighted by atomic mass is 10.2. The van der Waals surface area contributed by atoms with Crippen LogP contribution in [0.15, 0.2) is 47.4 Å². The molecular formula is C23H27ClN4S.